The summed E-state index contributed by atoms with van der Waals surface area (Å²) in [5, 5.41) is 9.12. The minimum absolute atomic E-state index is 0. The molecule has 7 aromatic heterocycles. The Kier molecular flexibility index (Phi) is 31.4. The number of aromatic nitrogens is 7. The third-order valence-corrected chi connectivity index (χ3v) is 19.0. The Hall–Kier alpha value is -13.9. The van der Waals surface area contributed by atoms with E-state index in [1.54, 1.807) is 164 Å². The molecule has 0 aliphatic heterocycles. The lowest BCUT2D eigenvalue weighted by atomic mass is 10.1. The maximum atomic E-state index is 13.8. The van der Waals surface area contributed by atoms with Gasteiger partial charge in [0.25, 0.3) is 11.8 Å². The standard InChI is InChI=1S/C27H28FN3O2.2C22H18FN3O2.C20H16F4N2OS.2CH4/c1-20(18-32-3)31(21(2)26-17-30-15-7-6-10-27(30)29-26)16-22-11-13-24(14-12-22)33-19-23-8-4-5-9-25(23)28;23-19-6-2-1-5-17(19)15-28-18-10-8-16(9-11-18)13-24-22(27)20-14-26-12-4-3-7-21(26)25-20;23-20-4-2-1-3-18(20)15-28-19-7-5-16(6-8-19)14-25-22(27)17-9-11-26-12-10-24-21(26)13-17;1-13(18-12-28-19(26-18)20(22,23)24)25-10-14-6-8-16(9-7-14)27-11-15-4-2-3-5-17(15)21;;/h4-15,17,20H,2,16,18-19H2,1,3H3;1-12,14H,13,15H2,(H,24,27);1-13H,14-15H2,(H,25,27);2-9,12,25H,1,10-11H2;2*1H4/t20-;;;;;/m0...../s1. The van der Waals surface area contributed by atoms with Crippen molar-refractivity contribution in [3.8, 4) is 23.0 Å². The van der Waals surface area contributed by atoms with E-state index in [0.29, 0.717) is 106 Å². The highest BCUT2D eigenvalue weighted by Gasteiger charge is 2.35. The number of nitrogens with zero attached hydrogens (tertiary/aromatic N) is 8. The Morgan fingerprint density at radius 2 is 0.866 bits per heavy atom. The van der Waals surface area contributed by atoms with Gasteiger partial charge in [0.15, 0.2) is 5.01 Å². The largest absolute Gasteiger partial charge is 0.489 e. The van der Waals surface area contributed by atoms with Crippen molar-refractivity contribution in [2.75, 3.05) is 13.7 Å². The van der Waals surface area contributed by atoms with Crippen molar-refractivity contribution in [1.29, 1.82) is 0 Å². The van der Waals surface area contributed by atoms with E-state index in [4.69, 9.17) is 28.7 Å². The van der Waals surface area contributed by atoms with Gasteiger partial charge in [0.1, 0.15) is 101 Å². The number of nitrogens with one attached hydrogen (secondary N) is 3. The number of alkyl halides is 3. The number of methoxy groups -OCH3 is 1. The Morgan fingerprint density at radius 3 is 1.29 bits per heavy atom. The molecule has 612 valence electrons. The highest BCUT2D eigenvalue weighted by molar-refractivity contribution is 7.09. The number of carbonyl (C=O) groups excluding carboxylic acids is 2. The summed E-state index contributed by atoms with van der Waals surface area (Å²) in [6.07, 6.45) is 8.37. The summed E-state index contributed by atoms with van der Waals surface area (Å²) in [4.78, 5) is 43.6. The van der Waals surface area contributed by atoms with Crippen LogP contribution in [-0.2, 0) is 63.5 Å². The van der Waals surface area contributed by atoms with E-state index in [9.17, 15) is 40.3 Å². The molecule has 0 bridgehead atoms. The van der Waals surface area contributed by atoms with Gasteiger partial charge < -0.3 is 57.7 Å². The number of hydrogen-bond acceptors (Lipinski definition) is 14. The minimum atomic E-state index is -4.46. The molecular weight excluding hydrogens is 1550 g/mol. The molecule has 7 heterocycles. The first-order chi connectivity index (χ1) is 56.7. The van der Waals surface area contributed by atoms with Gasteiger partial charge in [0, 0.05) is 116 Å². The summed E-state index contributed by atoms with van der Waals surface area (Å²) in [6, 6.07) is 70.8. The summed E-state index contributed by atoms with van der Waals surface area (Å²) < 4.78 is 126. The number of fused-ring (bicyclic) bond motifs is 3. The number of thiazole rings is 1. The van der Waals surface area contributed by atoms with Crippen LogP contribution in [0.2, 0.25) is 0 Å². The summed E-state index contributed by atoms with van der Waals surface area (Å²) in [5.41, 5.74) is 11.3. The van der Waals surface area contributed by atoms with Gasteiger partial charge in [-0.05, 0) is 138 Å². The summed E-state index contributed by atoms with van der Waals surface area (Å²) in [5.74, 6) is 1.01. The van der Waals surface area contributed by atoms with Gasteiger partial charge in [0.2, 0.25) is 0 Å². The zero-order chi connectivity index (χ0) is 82.1. The number of pyridine rings is 3. The van der Waals surface area contributed by atoms with Crippen LogP contribution in [0.25, 0.3) is 28.3 Å². The lowest BCUT2D eigenvalue weighted by Crippen LogP contribution is -2.34. The van der Waals surface area contributed by atoms with E-state index >= 15 is 0 Å². The smallest absolute Gasteiger partial charge is 0.443 e. The van der Waals surface area contributed by atoms with Crippen molar-refractivity contribution < 1.29 is 64.0 Å². The molecule has 0 aliphatic carbocycles. The van der Waals surface area contributed by atoms with Crippen LogP contribution in [0.5, 0.6) is 23.0 Å². The molecule has 2 amide bonds. The highest BCUT2D eigenvalue weighted by atomic mass is 32.1. The molecule has 8 aromatic carbocycles. The molecule has 3 N–H and O–H groups in total. The van der Waals surface area contributed by atoms with Crippen LogP contribution in [0.1, 0.15) is 104 Å². The van der Waals surface area contributed by atoms with E-state index in [1.807, 2.05) is 119 Å². The molecule has 18 nitrogen and oxygen atoms in total. The van der Waals surface area contributed by atoms with Crippen LogP contribution >= 0.6 is 11.3 Å². The molecule has 0 radical (unpaired) electrons. The van der Waals surface area contributed by atoms with Crippen LogP contribution in [-0.4, -0.2) is 69.6 Å². The molecule has 0 saturated carbocycles. The van der Waals surface area contributed by atoms with E-state index < -0.39 is 11.2 Å². The van der Waals surface area contributed by atoms with Crippen LogP contribution in [0.4, 0.5) is 30.7 Å². The number of carbonyl (C=O) groups is 2. The number of benzene rings is 8. The monoisotopic (exact) mass is 1640 g/mol. The number of imidazole rings is 3. The van der Waals surface area contributed by atoms with Gasteiger partial charge in [0.05, 0.1) is 23.7 Å². The number of ether oxygens (including phenoxy) is 5. The fourth-order valence-electron chi connectivity index (χ4n) is 11.7. The van der Waals surface area contributed by atoms with Gasteiger partial charge in [-0.25, -0.2) is 37.5 Å². The van der Waals surface area contributed by atoms with Gasteiger partial charge in [-0.3, -0.25) is 9.59 Å². The van der Waals surface area contributed by atoms with Crippen molar-refractivity contribution in [1.82, 2.24) is 54.0 Å². The molecule has 0 unspecified atom stereocenters. The van der Waals surface area contributed by atoms with Gasteiger partial charge in [-0.1, -0.05) is 161 Å². The van der Waals surface area contributed by atoms with Crippen LogP contribution in [0.15, 0.2) is 305 Å². The first-order valence-corrected chi connectivity index (χ1v) is 37.7. The summed E-state index contributed by atoms with van der Waals surface area (Å²) >= 11 is 0.533. The fraction of sp³-hybridized carbons (Fsp3) is 0.161. The SMILES string of the molecule is C.C.C=C(NCc1ccc(OCc2ccccc2F)cc1)c1csc(C(F)(F)F)n1.C=C(c1cn2ccccc2n1)N(Cc1ccc(OCc2ccccc2F)cc1)[C@@H](C)COC.O=C(NCc1ccc(OCc2ccccc2F)cc1)c1ccn2ccnc2c1.O=C(NCc1ccc(OCc2ccccc2F)cc1)c1cn2ccccc2n1. The minimum Gasteiger partial charge on any atom is -0.489 e. The number of rotatable bonds is 29. The lowest BCUT2D eigenvalue weighted by molar-refractivity contribution is -0.137. The fourth-order valence-corrected chi connectivity index (χ4v) is 12.4. The first kappa shape index (κ1) is 87.5. The van der Waals surface area contributed by atoms with Crippen molar-refractivity contribution in [3.05, 3.63) is 400 Å². The topological polar surface area (TPSA) is 184 Å². The van der Waals surface area contributed by atoms with Crippen molar-refractivity contribution >= 4 is 51.5 Å². The van der Waals surface area contributed by atoms with Gasteiger partial charge >= 0.3 is 6.18 Å². The van der Waals surface area contributed by atoms with Crippen LogP contribution < -0.4 is 34.9 Å². The molecule has 119 heavy (non-hydrogen) atoms. The number of halogens is 7. The Balaban J connectivity index is 0.000000166. The molecule has 0 fully saturated rings. The molecular formula is C93H88F7N11O7S. The van der Waals surface area contributed by atoms with Gasteiger partial charge in [-0.2, -0.15) is 13.2 Å². The quantitative estimate of drug-likeness (QED) is 0.0377. The Morgan fingerprint density at radius 1 is 0.462 bits per heavy atom. The van der Waals surface area contributed by atoms with Crippen LogP contribution in [0, 0.1) is 23.3 Å². The number of hydrogen-bond donors (Lipinski definition) is 3. The van der Waals surface area contributed by atoms with Gasteiger partial charge in [-0.15, -0.1) is 11.3 Å². The third kappa shape index (κ3) is 25.1. The predicted molar refractivity (Wildman–Crippen MR) is 449 cm³/mol. The molecule has 0 aliphatic rings. The Bertz CT molecular complexity index is 5630. The maximum absolute atomic E-state index is 13.8. The predicted octanol–water partition coefficient (Wildman–Crippen LogP) is 20.4. The lowest BCUT2D eigenvalue weighted by Gasteiger charge is -2.32. The average Bonchev–Trinajstić information content (AvgIpc) is 1.54. The van der Waals surface area contributed by atoms with Crippen molar-refractivity contribution in [3.63, 3.8) is 0 Å². The van der Waals surface area contributed by atoms with E-state index in [0.717, 1.165) is 50.6 Å². The second kappa shape index (κ2) is 42.7. The second-order valence-corrected chi connectivity index (χ2v) is 27.4. The summed E-state index contributed by atoms with van der Waals surface area (Å²) in [6.45, 7) is 13.2. The normalized spacial score (nSPS) is 11.0. The third-order valence-electron chi connectivity index (χ3n) is 18.1. The zero-order valence-electron chi connectivity index (χ0n) is 63.6. The van der Waals surface area contributed by atoms with Crippen molar-refractivity contribution in [2.24, 2.45) is 0 Å². The number of amides is 2. The van der Waals surface area contributed by atoms with E-state index in [-0.39, 0.29) is 88.1 Å². The molecule has 15 aromatic rings. The first-order valence-electron chi connectivity index (χ1n) is 36.8. The molecule has 0 saturated heterocycles. The Labute approximate surface area is 689 Å². The highest BCUT2D eigenvalue weighted by Crippen LogP contribution is 2.33. The average molecular weight is 1640 g/mol. The molecule has 26 heteroatoms. The second-order valence-electron chi connectivity index (χ2n) is 26.5. The maximum Gasteiger partial charge on any atom is 0.443 e. The van der Waals surface area contributed by atoms with E-state index in [2.05, 4.69) is 55.9 Å². The zero-order valence-corrected chi connectivity index (χ0v) is 64.4. The molecule has 1 atom stereocenters. The van der Waals surface area contributed by atoms with Crippen molar-refractivity contribution in [2.45, 2.75) is 86.6 Å². The molecule has 0 spiro atoms. The molecule has 15 rings (SSSR count). The van der Waals surface area contributed by atoms with E-state index in [1.165, 1.54) is 29.6 Å². The summed E-state index contributed by atoms with van der Waals surface area (Å²) in [7, 11) is 1.70. The van der Waals surface area contributed by atoms with Crippen LogP contribution in [0.3, 0.4) is 0 Å².